The maximum atomic E-state index is 12.9. The number of anilines is 1. The first-order chi connectivity index (χ1) is 16.0. The van der Waals surface area contributed by atoms with Gasteiger partial charge in [-0.3, -0.25) is 4.79 Å². The molecule has 0 aliphatic rings. The number of aromatic nitrogens is 5. The molecule has 0 spiro atoms. The van der Waals surface area contributed by atoms with Crippen molar-refractivity contribution in [2.45, 2.75) is 6.92 Å². The molecule has 0 bridgehead atoms. The Morgan fingerprint density at radius 3 is 2.82 bits per heavy atom. The lowest BCUT2D eigenvalue weighted by Crippen LogP contribution is -2.19. The fourth-order valence-electron chi connectivity index (χ4n) is 2.89. The Kier molecular flexibility index (Phi) is 6.52. The Bertz CT molecular complexity index is 1330. The van der Waals surface area contributed by atoms with Gasteiger partial charge in [0.15, 0.2) is 5.69 Å². The van der Waals surface area contributed by atoms with E-state index in [-0.39, 0.29) is 17.3 Å². The van der Waals surface area contributed by atoms with Gasteiger partial charge in [-0.1, -0.05) is 46.6 Å². The fourth-order valence-corrected chi connectivity index (χ4v) is 3.20. The lowest BCUT2D eigenvalue weighted by molar-refractivity contribution is 0.0950. The van der Waals surface area contributed by atoms with Gasteiger partial charge in [0.25, 0.3) is 5.91 Å². The molecule has 13 heteroatoms. The summed E-state index contributed by atoms with van der Waals surface area (Å²) in [6.07, 6.45) is 1.42. The first kappa shape index (κ1) is 22.2. The van der Waals surface area contributed by atoms with E-state index in [4.69, 9.17) is 33.7 Å². The number of nitrogens with one attached hydrogen (secondary N) is 1. The van der Waals surface area contributed by atoms with Crippen LogP contribution in [0.2, 0.25) is 10.0 Å². The number of benzene rings is 2. The molecule has 0 fully saturated rings. The van der Waals surface area contributed by atoms with Crippen LogP contribution >= 0.6 is 23.2 Å². The summed E-state index contributed by atoms with van der Waals surface area (Å²) in [6, 6.07) is 12.0. The minimum atomic E-state index is -0.621. The summed E-state index contributed by atoms with van der Waals surface area (Å²) >= 11 is 11.9. The summed E-state index contributed by atoms with van der Waals surface area (Å²) in [5.74, 6) is 0.0340. The number of ether oxygens (including phenoxy) is 1. The number of hydrazone groups is 1. The van der Waals surface area contributed by atoms with Crippen molar-refractivity contribution in [2.75, 3.05) is 12.3 Å². The Morgan fingerprint density at radius 1 is 1.24 bits per heavy atom. The number of rotatable bonds is 7. The minimum Gasteiger partial charge on any atom is -0.494 e. The normalized spacial score (nSPS) is 11.1. The van der Waals surface area contributed by atoms with Crippen molar-refractivity contribution in [1.82, 2.24) is 30.7 Å². The van der Waals surface area contributed by atoms with Crippen molar-refractivity contribution in [2.24, 2.45) is 5.10 Å². The third-order valence-corrected chi connectivity index (χ3v) is 5.06. The standard InChI is InChI=1S/C20H16Cl2N8O3/c1-2-32-13-5-3-4-12(9-13)17-16(25-29-30(17)19-18(23)27-33-28-19)20(31)26-24-10-11-6-7-14(21)15(22)8-11/h3-10H,2H2,1H3,(H2,23,27)(H,26,31)/b24-10+. The van der Waals surface area contributed by atoms with E-state index in [0.29, 0.717) is 39.2 Å². The zero-order valence-electron chi connectivity index (χ0n) is 17.1. The molecular formula is C20H16Cl2N8O3. The summed E-state index contributed by atoms with van der Waals surface area (Å²) in [6.45, 7) is 2.34. The lowest BCUT2D eigenvalue weighted by atomic mass is 10.1. The molecule has 0 atom stereocenters. The van der Waals surface area contributed by atoms with Gasteiger partial charge in [0.2, 0.25) is 11.6 Å². The van der Waals surface area contributed by atoms with Crippen molar-refractivity contribution in [3.63, 3.8) is 0 Å². The molecule has 4 rings (SSSR count). The number of halogens is 2. The van der Waals surface area contributed by atoms with Gasteiger partial charge in [0.05, 0.1) is 22.9 Å². The Morgan fingerprint density at radius 2 is 2.09 bits per heavy atom. The van der Waals surface area contributed by atoms with Crippen LogP contribution in [0.3, 0.4) is 0 Å². The highest BCUT2D eigenvalue weighted by Crippen LogP contribution is 2.29. The highest BCUT2D eigenvalue weighted by Gasteiger charge is 2.25. The monoisotopic (exact) mass is 486 g/mol. The van der Waals surface area contributed by atoms with Gasteiger partial charge in [-0.25, -0.2) is 10.1 Å². The summed E-state index contributed by atoms with van der Waals surface area (Å²) in [5, 5.41) is 20.1. The molecule has 0 saturated carbocycles. The van der Waals surface area contributed by atoms with Crippen LogP contribution in [0, 0.1) is 0 Å². The van der Waals surface area contributed by atoms with Crippen molar-refractivity contribution >= 4 is 41.1 Å². The first-order valence-corrected chi connectivity index (χ1v) is 10.3. The van der Waals surface area contributed by atoms with Gasteiger partial charge in [-0.05, 0) is 47.1 Å². The van der Waals surface area contributed by atoms with E-state index in [0.717, 1.165) is 0 Å². The summed E-state index contributed by atoms with van der Waals surface area (Å²) < 4.78 is 11.5. The Labute approximate surface area is 197 Å². The molecule has 0 aliphatic carbocycles. The van der Waals surface area contributed by atoms with Crippen LogP contribution in [0.4, 0.5) is 5.82 Å². The largest absolute Gasteiger partial charge is 0.494 e. The molecule has 3 N–H and O–H groups in total. The quantitative estimate of drug-likeness (QED) is 0.298. The van der Waals surface area contributed by atoms with Crippen LogP contribution in [0.1, 0.15) is 23.0 Å². The van der Waals surface area contributed by atoms with Crippen LogP contribution in [0.5, 0.6) is 5.75 Å². The van der Waals surface area contributed by atoms with Gasteiger partial charge >= 0.3 is 0 Å². The van der Waals surface area contributed by atoms with Crippen molar-refractivity contribution in [3.8, 4) is 22.8 Å². The number of nitrogens with zero attached hydrogens (tertiary/aromatic N) is 6. The molecule has 33 heavy (non-hydrogen) atoms. The third-order valence-electron chi connectivity index (χ3n) is 4.32. The van der Waals surface area contributed by atoms with Crippen LogP contribution in [0.25, 0.3) is 17.1 Å². The molecule has 11 nitrogen and oxygen atoms in total. The van der Waals surface area contributed by atoms with E-state index in [1.165, 1.54) is 10.9 Å². The number of carbonyl (C=O) groups excluding carboxylic acids is 1. The highest BCUT2D eigenvalue weighted by molar-refractivity contribution is 6.42. The predicted molar refractivity (Wildman–Crippen MR) is 122 cm³/mol. The van der Waals surface area contributed by atoms with Gasteiger partial charge in [-0.2, -0.15) is 9.78 Å². The second-order valence-corrected chi connectivity index (χ2v) is 7.32. The number of hydrogen-bond acceptors (Lipinski definition) is 9. The number of amides is 1. The van der Waals surface area contributed by atoms with E-state index in [9.17, 15) is 4.79 Å². The smallest absolute Gasteiger partial charge is 0.294 e. The molecule has 1 amide bonds. The van der Waals surface area contributed by atoms with E-state index in [1.54, 1.807) is 42.5 Å². The number of hydrogen-bond donors (Lipinski definition) is 2. The second-order valence-electron chi connectivity index (χ2n) is 6.51. The molecule has 2 heterocycles. The average Bonchev–Trinajstić information content (AvgIpc) is 3.42. The Balaban J connectivity index is 1.69. The maximum absolute atomic E-state index is 12.9. The molecular weight excluding hydrogens is 471 g/mol. The summed E-state index contributed by atoms with van der Waals surface area (Å²) in [5.41, 5.74) is 9.72. The van der Waals surface area contributed by atoms with Gasteiger partial charge in [0, 0.05) is 5.56 Å². The van der Waals surface area contributed by atoms with Gasteiger partial charge < -0.3 is 10.5 Å². The molecule has 0 aliphatic heterocycles. The van der Waals surface area contributed by atoms with Crippen molar-refractivity contribution < 1.29 is 14.2 Å². The molecule has 0 radical (unpaired) electrons. The summed E-state index contributed by atoms with van der Waals surface area (Å²) in [7, 11) is 0. The van der Waals surface area contributed by atoms with Crippen LogP contribution < -0.4 is 15.9 Å². The number of nitrogens with two attached hydrogens (primary N) is 1. The SMILES string of the molecule is CCOc1cccc(-c2c(C(=O)N/N=C/c3ccc(Cl)c(Cl)c3)nnn2-c2nonc2N)c1. The minimum absolute atomic E-state index is 0.0216. The van der Waals surface area contributed by atoms with E-state index >= 15 is 0 Å². The molecule has 4 aromatic rings. The second kappa shape index (κ2) is 9.67. The van der Waals surface area contributed by atoms with Gasteiger partial charge in [0.1, 0.15) is 11.4 Å². The third kappa shape index (κ3) is 4.78. The van der Waals surface area contributed by atoms with Gasteiger partial charge in [-0.15, -0.1) is 5.10 Å². The zero-order chi connectivity index (χ0) is 23.4. The molecule has 2 aromatic carbocycles. The predicted octanol–water partition coefficient (Wildman–Crippen LogP) is 3.37. The topological polar surface area (TPSA) is 146 Å². The van der Waals surface area contributed by atoms with Crippen molar-refractivity contribution in [3.05, 3.63) is 63.8 Å². The molecule has 0 unspecified atom stereocenters. The molecule has 168 valence electrons. The van der Waals surface area contributed by atoms with E-state index < -0.39 is 5.91 Å². The Hall–Kier alpha value is -3.96. The number of nitrogen functional groups attached to an aromatic ring is 1. The summed E-state index contributed by atoms with van der Waals surface area (Å²) in [4.78, 5) is 12.9. The molecule has 2 aromatic heterocycles. The maximum Gasteiger partial charge on any atom is 0.294 e. The molecule has 0 saturated heterocycles. The lowest BCUT2D eigenvalue weighted by Gasteiger charge is -2.08. The first-order valence-electron chi connectivity index (χ1n) is 9.53. The van der Waals surface area contributed by atoms with E-state index in [1.807, 2.05) is 6.92 Å². The van der Waals surface area contributed by atoms with Crippen molar-refractivity contribution in [1.29, 1.82) is 0 Å². The van der Waals surface area contributed by atoms with Crippen LogP contribution in [-0.2, 0) is 0 Å². The number of carbonyl (C=O) groups is 1. The van der Waals surface area contributed by atoms with E-state index in [2.05, 4.69) is 35.8 Å². The van der Waals surface area contributed by atoms with Crippen LogP contribution in [0.15, 0.2) is 52.2 Å². The fraction of sp³-hybridized carbons (Fsp3) is 0.100. The van der Waals surface area contributed by atoms with Crippen LogP contribution in [-0.4, -0.2) is 44.0 Å². The highest BCUT2D eigenvalue weighted by atomic mass is 35.5. The average molecular weight is 487 g/mol. The zero-order valence-corrected chi connectivity index (χ0v) is 18.6.